The van der Waals surface area contributed by atoms with Crippen molar-refractivity contribution < 1.29 is 27.6 Å². The molecule has 1 aliphatic heterocycles. The minimum absolute atomic E-state index is 0.0336. The fourth-order valence-electron chi connectivity index (χ4n) is 2.54. The number of carbonyl (C=O) groups excluding carboxylic acids is 1. The highest BCUT2D eigenvalue weighted by atomic mass is 19.4. The Morgan fingerprint density at radius 3 is 2.43 bits per heavy atom. The van der Waals surface area contributed by atoms with Crippen LogP contribution in [-0.2, 0) is 9.53 Å². The molecular weight excluding hydrogens is 293 g/mol. The van der Waals surface area contributed by atoms with Crippen molar-refractivity contribution in [3.05, 3.63) is 10.1 Å². The zero-order chi connectivity index (χ0) is 15.6. The molecule has 0 aromatic rings. The van der Waals surface area contributed by atoms with Gasteiger partial charge < -0.3 is 4.74 Å². The van der Waals surface area contributed by atoms with Gasteiger partial charge in [0.2, 0.25) is 6.04 Å². The maximum Gasteiger partial charge on any atom is 0.401 e. The lowest BCUT2D eigenvalue weighted by Gasteiger charge is -2.31. The fourth-order valence-corrected chi connectivity index (χ4v) is 2.54. The lowest BCUT2D eigenvalue weighted by Crippen LogP contribution is -2.41. The summed E-state index contributed by atoms with van der Waals surface area (Å²) in [5, 5.41) is 10.4. The quantitative estimate of drug-likeness (QED) is 0.437. The van der Waals surface area contributed by atoms with E-state index in [1.807, 2.05) is 0 Å². The Balaban J connectivity index is 1.63. The van der Waals surface area contributed by atoms with Crippen LogP contribution < -0.4 is 0 Å². The van der Waals surface area contributed by atoms with Crippen molar-refractivity contribution in [2.45, 2.75) is 31.5 Å². The van der Waals surface area contributed by atoms with Gasteiger partial charge in [0, 0.05) is 11.3 Å². The van der Waals surface area contributed by atoms with E-state index >= 15 is 0 Å². The highest BCUT2D eigenvalue weighted by molar-refractivity contribution is 5.76. The van der Waals surface area contributed by atoms with Crippen molar-refractivity contribution in [3.63, 3.8) is 0 Å². The molecule has 6 nitrogen and oxygen atoms in total. The Morgan fingerprint density at radius 1 is 1.33 bits per heavy atom. The number of hydrogen-bond donors (Lipinski definition) is 0. The number of likely N-dealkylation sites (tertiary alicyclic amines) is 1. The minimum atomic E-state index is -4.19. The van der Waals surface area contributed by atoms with Gasteiger partial charge in [-0.15, -0.1) is 0 Å². The van der Waals surface area contributed by atoms with Gasteiger partial charge in [-0.25, -0.2) is 0 Å². The van der Waals surface area contributed by atoms with E-state index in [4.69, 9.17) is 4.74 Å². The zero-order valence-corrected chi connectivity index (χ0v) is 11.3. The maximum atomic E-state index is 12.2. The maximum absolute atomic E-state index is 12.2. The predicted molar refractivity (Wildman–Crippen MR) is 65.1 cm³/mol. The van der Waals surface area contributed by atoms with E-state index < -0.39 is 35.6 Å². The van der Waals surface area contributed by atoms with Crippen LogP contribution in [0, 0.1) is 22.0 Å². The Kier molecular flexibility index (Phi) is 4.70. The summed E-state index contributed by atoms with van der Waals surface area (Å²) in [6.07, 6.45) is -2.90. The van der Waals surface area contributed by atoms with Gasteiger partial charge in [0.1, 0.15) is 5.92 Å². The molecule has 0 radical (unpaired) electrons. The van der Waals surface area contributed by atoms with E-state index in [2.05, 4.69) is 0 Å². The average Bonchev–Trinajstić information content (AvgIpc) is 3.16. The lowest BCUT2D eigenvalue weighted by molar-refractivity contribution is -0.497. The van der Waals surface area contributed by atoms with Crippen LogP contribution in [-0.4, -0.2) is 54.3 Å². The molecule has 0 amide bonds. The number of piperidine rings is 1. The molecule has 0 aromatic carbocycles. The van der Waals surface area contributed by atoms with Gasteiger partial charge in [0.05, 0.1) is 13.2 Å². The van der Waals surface area contributed by atoms with Crippen LogP contribution >= 0.6 is 0 Å². The SMILES string of the molecule is O=C(OCC1CCN(CC(F)(F)F)CC1)[C@H]1C[C@H]1[N+](=O)[O-]. The third-order valence-electron chi connectivity index (χ3n) is 3.90. The van der Waals surface area contributed by atoms with Crippen LogP contribution in [0.5, 0.6) is 0 Å². The van der Waals surface area contributed by atoms with Gasteiger partial charge >= 0.3 is 12.1 Å². The number of nitrogens with zero attached hydrogens (tertiary/aromatic N) is 2. The molecule has 0 N–H and O–H groups in total. The monoisotopic (exact) mass is 310 g/mol. The van der Waals surface area contributed by atoms with Gasteiger partial charge in [0.25, 0.3) is 0 Å². The third-order valence-corrected chi connectivity index (χ3v) is 3.90. The molecule has 1 saturated heterocycles. The van der Waals surface area contributed by atoms with Gasteiger partial charge in [-0.05, 0) is 31.8 Å². The van der Waals surface area contributed by atoms with E-state index in [0.717, 1.165) is 0 Å². The molecule has 0 unspecified atom stereocenters. The van der Waals surface area contributed by atoms with E-state index in [9.17, 15) is 28.1 Å². The smallest absolute Gasteiger partial charge is 0.401 e. The van der Waals surface area contributed by atoms with Crippen molar-refractivity contribution in [1.29, 1.82) is 0 Å². The molecule has 2 rings (SSSR count). The van der Waals surface area contributed by atoms with E-state index in [-0.39, 0.29) is 18.9 Å². The molecular formula is C12H17F3N2O4. The van der Waals surface area contributed by atoms with Crippen molar-refractivity contribution >= 4 is 5.97 Å². The summed E-state index contributed by atoms with van der Waals surface area (Å²) < 4.78 is 41.7. The molecule has 0 aromatic heterocycles. The number of hydrogen-bond acceptors (Lipinski definition) is 5. The summed E-state index contributed by atoms with van der Waals surface area (Å²) in [5.74, 6) is -1.18. The van der Waals surface area contributed by atoms with Crippen molar-refractivity contribution in [2.75, 3.05) is 26.2 Å². The van der Waals surface area contributed by atoms with Crippen LogP contribution in [0.25, 0.3) is 0 Å². The summed E-state index contributed by atoms with van der Waals surface area (Å²) in [7, 11) is 0. The number of ether oxygens (including phenoxy) is 1. The van der Waals surface area contributed by atoms with Gasteiger partial charge in [0.15, 0.2) is 0 Å². The summed E-state index contributed by atoms with van der Waals surface area (Å²) in [6.45, 7) is -0.128. The molecule has 1 heterocycles. The molecule has 21 heavy (non-hydrogen) atoms. The molecule has 2 atom stereocenters. The van der Waals surface area contributed by atoms with Crippen molar-refractivity contribution in [1.82, 2.24) is 4.90 Å². The number of carbonyl (C=O) groups is 1. The van der Waals surface area contributed by atoms with Crippen LogP contribution in [0.4, 0.5) is 13.2 Å². The topological polar surface area (TPSA) is 72.7 Å². The molecule has 9 heteroatoms. The highest BCUT2D eigenvalue weighted by Crippen LogP contribution is 2.34. The van der Waals surface area contributed by atoms with Crippen LogP contribution in [0.2, 0.25) is 0 Å². The Labute approximate surface area is 119 Å². The number of nitro groups is 1. The van der Waals surface area contributed by atoms with Crippen molar-refractivity contribution in [3.8, 4) is 0 Å². The largest absolute Gasteiger partial charge is 0.465 e. The first kappa shape index (κ1) is 16.0. The van der Waals surface area contributed by atoms with E-state index in [1.54, 1.807) is 0 Å². The van der Waals surface area contributed by atoms with E-state index in [0.29, 0.717) is 25.9 Å². The average molecular weight is 310 g/mol. The van der Waals surface area contributed by atoms with Crippen LogP contribution in [0.15, 0.2) is 0 Å². The van der Waals surface area contributed by atoms with Gasteiger partial charge in [-0.2, -0.15) is 13.2 Å². The molecule has 120 valence electrons. The standard InChI is InChI=1S/C12H17F3N2O4/c13-12(14,15)7-16-3-1-8(2-4-16)6-21-11(18)9-5-10(9)17(19)20/h8-10H,1-7H2/t9-,10+/m0/s1. The first-order valence-electron chi connectivity index (χ1n) is 6.85. The summed E-state index contributed by atoms with van der Waals surface area (Å²) in [5.41, 5.74) is 0. The summed E-state index contributed by atoms with van der Waals surface area (Å²) >= 11 is 0. The third kappa shape index (κ3) is 4.83. The molecule has 0 bridgehead atoms. The molecule has 2 aliphatic rings. The normalized spacial score (nSPS) is 27.4. The highest BCUT2D eigenvalue weighted by Gasteiger charge is 2.54. The molecule has 1 aliphatic carbocycles. The summed E-state index contributed by atoms with van der Waals surface area (Å²) in [4.78, 5) is 22.8. The second kappa shape index (κ2) is 6.17. The second-order valence-electron chi connectivity index (χ2n) is 5.66. The van der Waals surface area contributed by atoms with E-state index in [1.165, 1.54) is 4.90 Å². The number of alkyl halides is 3. The van der Waals surface area contributed by atoms with Crippen LogP contribution in [0.3, 0.4) is 0 Å². The fraction of sp³-hybridized carbons (Fsp3) is 0.917. The predicted octanol–water partition coefficient (Wildman–Crippen LogP) is 1.47. The minimum Gasteiger partial charge on any atom is -0.465 e. The first-order chi connectivity index (χ1) is 9.76. The molecule has 1 saturated carbocycles. The number of esters is 1. The lowest BCUT2D eigenvalue weighted by atomic mass is 9.98. The second-order valence-corrected chi connectivity index (χ2v) is 5.66. The number of rotatable bonds is 5. The molecule has 0 spiro atoms. The Morgan fingerprint density at radius 2 is 1.95 bits per heavy atom. The number of halogens is 3. The van der Waals surface area contributed by atoms with Gasteiger partial charge in [-0.1, -0.05) is 0 Å². The Hall–Kier alpha value is -1.38. The van der Waals surface area contributed by atoms with Crippen LogP contribution in [0.1, 0.15) is 19.3 Å². The van der Waals surface area contributed by atoms with Crippen molar-refractivity contribution in [2.24, 2.45) is 11.8 Å². The van der Waals surface area contributed by atoms with Gasteiger partial charge in [-0.3, -0.25) is 19.8 Å². The Bertz CT molecular complexity index is 408. The zero-order valence-electron chi connectivity index (χ0n) is 11.3. The summed E-state index contributed by atoms with van der Waals surface area (Å²) in [6, 6.07) is -0.828. The molecule has 2 fully saturated rings. The first-order valence-corrected chi connectivity index (χ1v) is 6.85.